The van der Waals surface area contributed by atoms with Crippen molar-refractivity contribution < 1.29 is 19.5 Å². The Hall–Kier alpha value is -2.96. The average molecular weight is 438 g/mol. The molecular formula is C23H27N5O4. The minimum absolute atomic E-state index is 0.0196. The molecule has 1 aliphatic carbocycles. The van der Waals surface area contributed by atoms with Crippen molar-refractivity contribution in [3.05, 3.63) is 34.9 Å². The van der Waals surface area contributed by atoms with Crippen LogP contribution in [0.4, 0.5) is 0 Å². The van der Waals surface area contributed by atoms with Crippen LogP contribution in [0.3, 0.4) is 0 Å². The summed E-state index contributed by atoms with van der Waals surface area (Å²) in [5.41, 5.74) is 8.55. The predicted molar refractivity (Wildman–Crippen MR) is 113 cm³/mol. The van der Waals surface area contributed by atoms with E-state index in [2.05, 4.69) is 6.07 Å². The molecule has 5 rings (SSSR count). The van der Waals surface area contributed by atoms with Crippen LogP contribution in [0.5, 0.6) is 0 Å². The summed E-state index contributed by atoms with van der Waals surface area (Å²) in [6.07, 6.45) is 3.80. The van der Waals surface area contributed by atoms with Gasteiger partial charge in [-0.05, 0) is 55.4 Å². The van der Waals surface area contributed by atoms with Gasteiger partial charge in [0.1, 0.15) is 6.04 Å². The lowest BCUT2D eigenvalue weighted by Gasteiger charge is -2.38. The molecule has 3 fully saturated rings. The van der Waals surface area contributed by atoms with Gasteiger partial charge >= 0.3 is 5.97 Å². The monoisotopic (exact) mass is 437 g/mol. The topological polar surface area (TPSA) is 131 Å². The SMILES string of the molecule is N#CC1CCCN1C(=O)C(N)CN1CC2C[C@H]1C(=O)N2C1CCc2cc(C(=O)O)ccc21. The second kappa shape index (κ2) is 7.87. The van der Waals surface area contributed by atoms with Crippen molar-refractivity contribution in [2.24, 2.45) is 5.73 Å². The van der Waals surface area contributed by atoms with E-state index in [1.165, 1.54) is 0 Å². The normalized spacial score (nSPS) is 29.9. The molecule has 3 saturated heterocycles. The number of piperazine rings is 1. The molecule has 0 radical (unpaired) electrons. The molecule has 4 aliphatic rings. The van der Waals surface area contributed by atoms with E-state index in [0.717, 1.165) is 36.8 Å². The lowest BCUT2D eigenvalue weighted by atomic mass is 10.0. The number of nitriles is 1. The van der Waals surface area contributed by atoms with Gasteiger partial charge in [0, 0.05) is 25.7 Å². The summed E-state index contributed by atoms with van der Waals surface area (Å²) in [5.74, 6) is -1.08. The largest absolute Gasteiger partial charge is 0.478 e. The first-order valence-electron chi connectivity index (χ1n) is 11.3. The molecule has 0 saturated carbocycles. The van der Waals surface area contributed by atoms with Crippen molar-refractivity contribution in [1.82, 2.24) is 14.7 Å². The maximum atomic E-state index is 13.3. The smallest absolute Gasteiger partial charge is 0.335 e. The lowest BCUT2D eigenvalue weighted by Crippen LogP contribution is -2.56. The number of amides is 2. The van der Waals surface area contributed by atoms with Crippen molar-refractivity contribution in [3.8, 4) is 6.07 Å². The number of rotatable bonds is 5. The maximum absolute atomic E-state index is 13.3. The fourth-order valence-electron chi connectivity index (χ4n) is 6.03. The molecule has 9 heteroatoms. The Morgan fingerprint density at radius 3 is 2.81 bits per heavy atom. The summed E-state index contributed by atoms with van der Waals surface area (Å²) in [6.45, 7) is 1.56. The first-order valence-corrected chi connectivity index (χ1v) is 11.3. The third-order valence-electron chi connectivity index (χ3n) is 7.52. The van der Waals surface area contributed by atoms with Crippen LogP contribution in [0.25, 0.3) is 0 Å². The van der Waals surface area contributed by atoms with Gasteiger partial charge in [0.25, 0.3) is 0 Å². The number of aryl methyl sites for hydroxylation is 1. The summed E-state index contributed by atoms with van der Waals surface area (Å²) in [4.78, 5) is 42.9. The van der Waals surface area contributed by atoms with Crippen LogP contribution in [-0.4, -0.2) is 81.4 Å². The van der Waals surface area contributed by atoms with E-state index < -0.39 is 18.1 Å². The quantitative estimate of drug-likeness (QED) is 0.686. The van der Waals surface area contributed by atoms with Gasteiger partial charge in [-0.25, -0.2) is 4.79 Å². The zero-order valence-corrected chi connectivity index (χ0v) is 17.8. The van der Waals surface area contributed by atoms with E-state index in [9.17, 15) is 24.8 Å². The van der Waals surface area contributed by atoms with Gasteiger partial charge in [-0.1, -0.05) is 6.07 Å². The standard InChI is InChI=1S/C23H27N5O4/c24-10-15-2-1-7-27(15)21(29)18(25)12-26-11-16-9-20(26)22(30)28(16)19-6-4-13-8-14(23(31)32)3-5-17(13)19/h3,5,8,15-16,18-20H,1-2,4,6-7,9,11-12,25H2,(H,31,32)/t15?,16?,18?,19?,20-/m0/s1. The van der Waals surface area contributed by atoms with E-state index in [-0.39, 0.29) is 35.5 Å². The van der Waals surface area contributed by atoms with Crippen LogP contribution >= 0.6 is 0 Å². The number of hydrogen-bond acceptors (Lipinski definition) is 6. The summed E-state index contributed by atoms with van der Waals surface area (Å²) in [5, 5.41) is 18.5. The van der Waals surface area contributed by atoms with Crippen molar-refractivity contribution in [2.75, 3.05) is 19.6 Å². The summed E-state index contributed by atoms with van der Waals surface area (Å²) in [7, 11) is 0. The number of benzene rings is 1. The van der Waals surface area contributed by atoms with Gasteiger partial charge in [0.2, 0.25) is 11.8 Å². The molecule has 1 aromatic carbocycles. The first kappa shape index (κ1) is 20.9. The number of likely N-dealkylation sites (tertiary alicyclic amines) is 3. The number of carbonyl (C=O) groups is 3. The van der Waals surface area contributed by atoms with E-state index in [1.54, 1.807) is 17.0 Å². The number of carboxylic acid groups (broad SMARTS) is 1. The Balaban J connectivity index is 1.25. The van der Waals surface area contributed by atoms with E-state index in [1.807, 2.05) is 15.9 Å². The molecule has 5 atom stereocenters. The fourth-order valence-corrected chi connectivity index (χ4v) is 6.03. The highest BCUT2D eigenvalue weighted by Gasteiger charge is 2.53. The summed E-state index contributed by atoms with van der Waals surface area (Å²) >= 11 is 0. The second-order valence-corrected chi connectivity index (χ2v) is 9.30. The molecule has 3 N–H and O–H groups in total. The Kier molecular flexibility index (Phi) is 5.14. The lowest BCUT2D eigenvalue weighted by molar-refractivity contribution is -0.141. The molecule has 0 aromatic heterocycles. The second-order valence-electron chi connectivity index (χ2n) is 9.30. The maximum Gasteiger partial charge on any atom is 0.335 e. The molecule has 2 bridgehead atoms. The number of fused-ring (bicyclic) bond motifs is 3. The number of aromatic carboxylic acids is 1. The van der Waals surface area contributed by atoms with E-state index in [4.69, 9.17) is 5.73 Å². The van der Waals surface area contributed by atoms with Gasteiger partial charge in [-0.2, -0.15) is 5.26 Å². The molecule has 0 spiro atoms. The van der Waals surface area contributed by atoms with Crippen LogP contribution in [0.2, 0.25) is 0 Å². The van der Waals surface area contributed by atoms with Gasteiger partial charge in [0.05, 0.1) is 29.8 Å². The highest BCUT2D eigenvalue weighted by molar-refractivity contribution is 5.89. The molecule has 3 aliphatic heterocycles. The van der Waals surface area contributed by atoms with Crippen molar-refractivity contribution in [1.29, 1.82) is 5.26 Å². The van der Waals surface area contributed by atoms with Crippen molar-refractivity contribution in [3.63, 3.8) is 0 Å². The van der Waals surface area contributed by atoms with Crippen molar-refractivity contribution in [2.45, 2.75) is 62.3 Å². The highest BCUT2D eigenvalue weighted by atomic mass is 16.4. The molecule has 1 aromatic rings. The molecule has 9 nitrogen and oxygen atoms in total. The van der Waals surface area contributed by atoms with Gasteiger partial charge in [0.15, 0.2) is 0 Å². The average Bonchev–Trinajstić information content (AvgIpc) is 3.55. The molecule has 2 amide bonds. The number of nitrogens with two attached hydrogens (primary N) is 1. The van der Waals surface area contributed by atoms with Crippen LogP contribution in [0.15, 0.2) is 18.2 Å². The number of carboxylic acids is 1. The molecule has 32 heavy (non-hydrogen) atoms. The zero-order chi connectivity index (χ0) is 22.6. The molecule has 168 valence electrons. The van der Waals surface area contributed by atoms with Gasteiger partial charge in [-0.15, -0.1) is 0 Å². The molecule has 3 heterocycles. The Bertz CT molecular complexity index is 1020. The Morgan fingerprint density at radius 1 is 1.28 bits per heavy atom. The first-order chi connectivity index (χ1) is 15.4. The number of nitrogens with zero attached hydrogens (tertiary/aromatic N) is 4. The minimum Gasteiger partial charge on any atom is -0.478 e. The predicted octanol–water partition coefficient (Wildman–Crippen LogP) is 0.499. The van der Waals surface area contributed by atoms with Crippen LogP contribution < -0.4 is 5.73 Å². The van der Waals surface area contributed by atoms with E-state index in [0.29, 0.717) is 26.1 Å². The van der Waals surface area contributed by atoms with Crippen LogP contribution in [0.1, 0.15) is 53.2 Å². The van der Waals surface area contributed by atoms with Gasteiger partial charge < -0.3 is 20.6 Å². The minimum atomic E-state index is -0.941. The third-order valence-corrected chi connectivity index (χ3v) is 7.52. The highest BCUT2D eigenvalue weighted by Crippen LogP contribution is 2.44. The molecule has 4 unspecified atom stereocenters. The third kappa shape index (κ3) is 3.26. The number of carbonyl (C=O) groups excluding carboxylic acids is 2. The Labute approximate surface area is 186 Å². The van der Waals surface area contributed by atoms with E-state index >= 15 is 0 Å². The fraction of sp³-hybridized carbons (Fsp3) is 0.565. The van der Waals surface area contributed by atoms with Gasteiger partial charge in [-0.3, -0.25) is 14.5 Å². The Morgan fingerprint density at radius 2 is 2.09 bits per heavy atom. The summed E-state index contributed by atoms with van der Waals surface area (Å²) in [6, 6.07) is 6.00. The molecular weight excluding hydrogens is 410 g/mol. The number of hydrogen-bond donors (Lipinski definition) is 2. The van der Waals surface area contributed by atoms with Crippen LogP contribution in [0, 0.1) is 11.3 Å². The van der Waals surface area contributed by atoms with Crippen LogP contribution in [-0.2, 0) is 16.0 Å². The zero-order valence-electron chi connectivity index (χ0n) is 17.8. The van der Waals surface area contributed by atoms with Crippen molar-refractivity contribution >= 4 is 17.8 Å². The summed E-state index contributed by atoms with van der Waals surface area (Å²) < 4.78 is 0.